The standard InChI is InChI=1S/C17H23N3O3.ClH/c1-11-13(6-5-9-18-11)19-16(21)10-20-14-7-3-4-8-15(14)23-12(2)17(20)22;/h3-4,7-8,11-13,18H,5-6,9-10H2,1-2H3,(H,19,21);1H. The van der Waals surface area contributed by atoms with E-state index in [9.17, 15) is 9.59 Å². The van der Waals surface area contributed by atoms with Gasteiger partial charge >= 0.3 is 0 Å². The Hall–Kier alpha value is -1.79. The van der Waals surface area contributed by atoms with Crippen molar-refractivity contribution in [2.75, 3.05) is 18.0 Å². The summed E-state index contributed by atoms with van der Waals surface area (Å²) in [4.78, 5) is 26.3. The van der Waals surface area contributed by atoms with Crippen LogP contribution in [0.15, 0.2) is 24.3 Å². The van der Waals surface area contributed by atoms with Crippen LogP contribution in [-0.4, -0.2) is 43.1 Å². The highest BCUT2D eigenvalue weighted by Crippen LogP contribution is 2.33. The van der Waals surface area contributed by atoms with Gasteiger partial charge in [-0.1, -0.05) is 12.1 Å². The smallest absolute Gasteiger partial charge is 0.268 e. The fourth-order valence-corrected chi connectivity index (χ4v) is 3.16. The molecular weight excluding hydrogens is 330 g/mol. The first-order valence-electron chi connectivity index (χ1n) is 8.16. The molecule has 2 heterocycles. The normalized spacial score (nSPS) is 26.0. The van der Waals surface area contributed by atoms with E-state index < -0.39 is 6.10 Å². The summed E-state index contributed by atoms with van der Waals surface area (Å²) in [5, 5.41) is 6.40. The van der Waals surface area contributed by atoms with Gasteiger partial charge in [-0.2, -0.15) is 0 Å². The summed E-state index contributed by atoms with van der Waals surface area (Å²) in [5.74, 6) is 0.316. The second-order valence-electron chi connectivity index (χ2n) is 6.21. The van der Waals surface area contributed by atoms with E-state index >= 15 is 0 Å². The molecule has 2 aliphatic rings. The van der Waals surface area contributed by atoms with Crippen LogP contribution in [0.3, 0.4) is 0 Å². The molecule has 1 fully saturated rings. The monoisotopic (exact) mass is 353 g/mol. The molecule has 2 aliphatic heterocycles. The molecule has 3 unspecified atom stereocenters. The highest BCUT2D eigenvalue weighted by atomic mass is 35.5. The van der Waals surface area contributed by atoms with Gasteiger partial charge in [-0.15, -0.1) is 12.4 Å². The highest BCUT2D eigenvalue weighted by molar-refractivity contribution is 6.03. The number of benzene rings is 1. The number of ether oxygens (including phenoxy) is 1. The number of nitrogens with one attached hydrogen (secondary N) is 2. The zero-order valence-corrected chi connectivity index (χ0v) is 14.8. The summed E-state index contributed by atoms with van der Waals surface area (Å²) in [7, 11) is 0. The number of hydrogen-bond donors (Lipinski definition) is 2. The fourth-order valence-electron chi connectivity index (χ4n) is 3.16. The lowest BCUT2D eigenvalue weighted by Gasteiger charge is -2.34. The number of anilines is 1. The zero-order chi connectivity index (χ0) is 16.4. The number of hydrogen-bond acceptors (Lipinski definition) is 4. The van der Waals surface area contributed by atoms with Crippen molar-refractivity contribution >= 4 is 29.9 Å². The maximum absolute atomic E-state index is 12.4. The Morgan fingerprint density at radius 2 is 2.12 bits per heavy atom. The lowest BCUT2D eigenvalue weighted by atomic mass is 10.00. The van der Waals surface area contributed by atoms with Crippen LogP contribution in [0.2, 0.25) is 0 Å². The van der Waals surface area contributed by atoms with Crippen molar-refractivity contribution in [2.45, 2.75) is 44.9 Å². The maximum Gasteiger partial charge on any atom is 0.268 e. The topological polar surface area (TPSA) is 70.7 Å². The lowest BCUT2D eigenvalue weighted by Crippen LogP contribution is -2.55. The third-order valence-electron chi connectivity index (χ3n) is 4.48. The molecule has 6 nitrogen and oxygen atoms in total. The third-order valence-corrected chi connectivity index (χ3v) is 4.48. The number of carbonyl (C=O) groups excluding carboxylic acids is 2. The Morgan fingerprint density at radius 1 is 1.38 bits per heavy atom. The van der Waals surface area contributed by atoms with Crippen molar-refractivity contribution in [3.63, 3.8) is 0 Å². The van der Waals surface area contributed by atoms with E-state index in [1.165, 1.54) is 4.90 Å². The van der Waals surface area contributed by atoms with Crippen molar-refractivity contribution in [3.8, 4) is 5.75 Å². The summed E-state index contributed by atoms with van der Waals surface area (Å²) in [6.45, 7) is 4.78. The molecule has 0 bridgehead atoms. The number of carbonyl (C=O) groups is 2. The number of fused-ring (bicyclic) bond motifs is 1. The molecule has 3 rings (SSSR count). The van der Waals surface area contributed by atoms with Crippen LogP contribution in [0.25, 0.3) is 0 Å². The van der Waals surface area contributed by atoms with E-state index in [1.54, 1.807) is 13.0 Å². The molecule has 3 atom stereocenters. The van der Waals surface area contributed by atoms with Crippen molar-refractivity contribution in [3.05, 3.63) is 24.3 Å². The molecule has 132 valence electrons. The summed E-state index contributed by atoms with van der Waals surface area (Å²) >= 11 is 0. The van der Waals surface area contributed by atoms with Gasteiger partial charge in [-0.3, -0.25) is 14.5 Å². The van der Waals surface area contributed by atoms with Crippen molar-refractivity contribution in [1.82, 2.24) is 10.6 Å². The molecule has 0 spiro atoms. The van der Waals surface area contributed by atoms with E-state index in [4.69, 9.17) is 4.74 Å². The van der Waals surface area contributed by atoms with E-state index in [2.05, 4.69) is 17.6 Å². The van der Waals surface area contributed by atoms with Crippen LogP contribution in [-0.2, 0) is 9.59 Å². The number of amides is 2. The minimum Gasteiger partial charge on any atom is -0.479 e. The van der Waals surface area contributed by atoms with E-state index in [1.807, 2.05) is 18.2 Å². The predicted octanol–water partition coefficient (Wildman–Crippen LogP) is 1.48. The number of para-hydroxylation sites is 2. The molecule has 0 aromatic heterocycles. The minimum absolute atomic E-state index is 0. The van der Waals surface area contributed by atoms with Crippen LogP contribution in [0, 0.1) is 0 Å². The third kappa shape index (κ3) is 3.82. The highest BCUT2D eigenvalue weighted by Gasteiger charge is 2.33. The number of nitrogens with zero attached hydrogens (tertiary/aromatic N) is 1. The molecule has 0 aliphatic carbocycles. The molecule has 24 heavy (non-hydrogen) atoms. The molecule has 1 aromatic carbocycles. The van der Waals surface area contributed by atoms with Gasteiger partial charge in [0.05, 0.1) is 5.69 Å². The van der Waals surface area contributed by atoms with Crippen LogP contribution < -0.4 is 20.3 Å². The average molecular weight is 354 g/mol. The molecule has 0 saturated carbocycles. The molecule has 1 aromatic rings. The zero-order valence-electron chi connectivity index (χ0n) is 14.0. The minimum atomic E-state index is -0.576. The molecule has 1 saturated heterocycles. The second-order valence-corrected chi connectivity index (χ2v) is 6.21. The second kappa shape index (κ2) is 7.85. The van der Waals surface area contributed by atoms with Crippen LogP contribution in [0.1, 0.15) is 26.7 Å². The Morgan fingerprint density at radius 3 is 2.88 bits per heavy atom. The SMILES string of the molecule is CC1Oc2ccccc2N(CC(=O)NC2CCCNC2C)C1=O.Cl. The first kappa shape index (κ1) is 18.5. The van der Waals surface area contributed by atoms with E-state index in [-0.39, 0.29) is 42.8 Å². The Balaban J connectivity index is 0.00000208. The van der Waals surface area contributed by atoms with Gasteiger partial charge in [0.1, 0.15) is 12.3 Å². The van der Waals surface area contributed by atoms with Crippen molar-refractivity contribution in [2.24, 2.45) is 0 Å². The summed E-state index contributed by atoms with van der Waals surface area (Å²) in [6, 6.07) is 7.67. The van der Waals surface area contributed by atoms with Crippen molar-refractivity contribution in [1.29, 1.82) is 0 Å². The van der Waals surface area contributed by atoms with Gasteiger partial charge < -0.3 is 15.4 Å². The molecular formula is C17H24ClN3O3. The summed E-state index contributed by atoms with van der Waals surface area (Å²) in [6.07, 6.45) is 1.43. The Kier molecular flexibility index (Phi) is 6.07. The molecule has 7 heteroatoms. The van der Waals surface area contributed by atoms with Gasteiger partial charge in [-0.25, -0.2) is 0 Å². The maximum atomic E-state index is 12.4. The summed E-state index contributed by atoms with van der Waals surface area (Å²) < 4.78 is 5.59. The first-order chi connectivity index (χ1) is 11.1. The molecule has 2 amide bonds. The van der Waals surface area contributed by atoms with Gasteiger partial charge in [0.25, 0.3) is 5.91 Å². The number of piperidine rings is 1. The van der Waals surface area contributed by atoms with E-state index in [0.717, 1.165) is 19.4 Å². The first-order valence-corrected chi connectivity index (χ1v) is 8.16. The lowest BCUT2D eigenvalue weighted by molar-refractivity contribution is -0.128. The quantitative estimate of drug-likeness (QED) is 0.863. The van der Waals surface area contributed by atoms with E-state index in [0.29, 0.717) is 11.4 Å². The predicted molar refractivity (Wildman–Crippen MR) is 94.8 cm³/mol. The fraction of sp³-hybridized carbons (Fsp3) is 0.529. The van der Waals surface area contributed by atoms with Gasteiger partial charge in [0.2, 0.25) is 5.91 Å². The Bertz CT molecular complexity index is 610. The van der Waals surface area contributed by atoms with Crippen molar-refractivity contribution < 1.29 is 14.3 Å². The summed E-state index contributed by atoms with van der Waals surface area (Å²) in [5.41, 5.74) is 0.653. The van der Waals surface area contributed by atoms with Crippen LogP contribution in [0.4, 0.5) is 5.69 Å². The number of halogens is 1. The van der Waals surface area contributed by atoms with Gasteiger partial charge in [0, 0.05) is 12.1 Å². The average Bonchev–Trinajstić information content (AvgIpc) is 2.54. The largest absolute Gasteiger partial charge is 0.479 e. The Labute approximate surface area is 148 Å². The van der Waals surface area contributed by atoms with Crippen LogP contribution >= 0.6 is 12.4 Å². The molecule has 2 N–H and O–H groups in total. The number of rotatable bonds is 3. The van der Waals surface area contributed by atoms with Gasteiger partial charge in [0.15, 0.2) is 6.10 Å². The molecule has 0 radical (unpaired) electrons. The van der Waals surface area contributed by atoms with Gasteiger partial charge in [-0.05, 0) is 45.4 Å². The van der Waals surface area contributed by atoms with Crippen LogP contribution in [0.5, 0.6) is 5.75 Å².